The maximum Gasteiger partial charge on any atom is 0.248 e. The number of aromatic nitrogens is 2. The van der Waals surface area contributed by atoms with Crippen molar-refractivity contribution in [2.45, 2.75) is 13.8 Å². The van der Waals surface area contributed by atoms with Crippen LogP contribution in [0, 0.1) is 13.8 Å². The molecule has 2 aromatic carbocycles. The van der Waals surface area contributed by atoms with Gasteiger partial charge in [0.1, 0.15) is 5.65 Å². The van der Waals surface area contributed by atoms with Gasteiger partial charge in [-0.1, -0.05) is 18.2 Å². The highest BCUT2D eigenvalue weighted by Gasteiger charge is 2.13. The molecule has 7 heteroatoms. The number of nitrogens with one attached hydrogen (secondary N) is 1. The molecule has 0 aliphatic carbocycles. The highest BCUT2D eigenvalue weighted by molar-refractivity contribution is 6.02. The first-order chi connectivity index (χ1) is 16.4. The van der Waals surface area contributed by atoms with Crippen molar-refractivity contribution in [2.75, 3.05) is 26.6 Å². The van der Waals surface area contributed by atoms with Crippen LogP contribution < -0.4 is 19.5 Å². The molecule has 0 atom stereocenters. The second-order valence-corrected chi connectivity index (χ2v) is 7.86. The van der Waals surface area contributed by atoms with E-state index in [1.165, 1.54) is 6.08 Å². The molecule has 4 aromatic rings. The average molecular weight is 458 g/mol. The molecular weight excluding hydrogens is 430 g/mol. The van der Waals surface area contributed by atoms with E-state index in [9.17, 15) is 4.79 Å². The third-order valence-corrected chi connectivity index (χ3v) is 5.58. The highest BCUT2D eigenvalue weighted by Crippen LogP contribution is 2.38. The average Bonchev–Trinajstić information content (AvgIpc) is 3.29. The van der Waals surface area contributed by atoms with E-state index in [0.29, 0.717) is 17.2 Å². The zero-order valence-corrected chi connectivity index (χ0v) is 19.9. The number of anilines is 1. The van der Waals surface area contributed by atoms with Crippen LogP contribution >= 0.6 is 0 Å². The third-order valence-electron chi connectivity index (χ3n) is 5.58. The monoisotopic (exact) mass is 457 g/mol. The molecule has 1 N–H and O–H groups in total. The van der Waals surface area contributed by atoms with E-state index in [2.05, 4.69) is 5.32 Å². The SMILES string of the molecule is COc1cc(/C=C/C(=O)Nc2cc(-c3cn4cccc(C)c4n3)ccc2C)cc(OC)c1OC. The van der Waals surface area contributed by atoms with Gasteiger partial charge in [0.2, 0.25) is 11.7 Å². The number of benzene rings is 2. The Hall–Kier alpha value is -4.26. The Labute approximate surface area is 198 Å². The Morgan fingerprint density at radius 2 is 1.71 bits per heavy atom. The number of pyridine rings is 1. The highest BCUT2D eigenvalue weighted by atomic mass is 16.5. The minimum absolute atomic E-state index is 0.250. The van der Waals surface area contributed by atoms with Crippen molar-refractivity contribution in [3.05, 3.63) is 77.6 Å². The van der Waals surface area contributed by atoms with Crippen molar-refractivity contribution in [1.29, 1.82) is 0 Å². The summed E-state index contributed by atoms with van der Waals surface area (Å²) >= 11 is 0. The minimum Gasteiger partial charge on any atom is -0.493 e. The Morgan fingerprint density at radius 3 is 2.35 bits per heavy atom. The largest absolute Gasteiger partial charge is 0.493 e. The number of hydrogen-bond acceptors (Lipinski definition) is 5. The van der Waals surface area contributed by atoms with E-state index in [1.807, 2.05) is 61.0 Å². The Kier molecular flexibility index (Phi) is 6.54. The summed E-state index contributed by atoms with van der Waals surface area (Å²) in [6.45, 7) is 3.99. The summed E-state index contributed by atoms with van der Waals surface area (Å²) in [6, 6.07) is 13.5. The molecule has 0 saturated carbocycles. The van der Waals surface area contributed by atoms with Crippen LogP contribution in [0.3, 0.4) is 0 Å². The fraction of sp³-hybridized carbons (Fsp3) is 0.185. The molecule has 0 fully saturated rings. The molecule has 0 spiro atoms. The number of rotatable bonds is 7. The van der Waals surface area contributed by atoms with Gasteiger partial charge in [-0.15, -0.1) is 0 Å². The molecule has 0 unspecified atom stereocenters. The van der Waals surface area contributed by atoms with Crippen LogP contribution in [0.25, 0.3) is 23.0 Å². The molecule has 0 aliphatic heterocycles. The molecule has 0 aliphatic rings. The second kappa shape index (κ2) is 9.70. The predicted octanol–water partition coefficient (Wildman–Crippen LogP) is 5.30. The zero-order chi connectivity index (χ0) is 24.2. The fourth-order valence-electron chi connectivity index (χ4n) is 3.75. The van der Waals surface area contributed by atoms with Crippen molar-refractivity contribution >= 4 is 23.3 Å². The van der Waals surface area contributed by atoms with E-state index in [0.717, 1.165) is 39.3 Å². The molecule has 0 radical (unpaired) electrons. The summed E-state index contributed by atoms with van der Waals surface area (Å²) in [6.07, 6.45) is 7.14. The first kappa shape index (κ1) is 22.9. The summed E-state index contributed by atoms with van der Waals surface area (Å²) < 4.78 is 18.1. The quantitative estimate of drug-likeness (QED) is 0.382. The van der Waals surface area contributed by atoms with Crippen molar-refractivity contribution in [1.82, 2.24) is 9.38 Å². The van der Waals surface area contributed by atoms with Gasteiger partial charge in [-0.3, -0.25) is 4.79 Å². The number of imidazole rings is 1. The van der Waals surface area contributed by atoms with Crippen molar-refractivity contribution in [3.8, 4) is 28.5 Å². The molecule has 2 aromatic heterocycles. The first-order valence-corrected chi connectivity index (χ1v) is 10.8. The fourth-order valence-corrected chi connectivity index (χ4v) is 3.75. The lowest BCUT2D eigenvalue weighted by atomic mass is 10.1. The lowest BCUT2D eigenvalue weighted by Crippen LogP contribution is -2.09. The predicted molar refractivity (Wildman–Crippen MR) is 134 cm³/mol. The molecule has 174 valence electrons. The number of aryl methyl sites for hydroxylation is 2. The minimum atomic E-state index is -0.250. The Balaban J connectivity index is 1.56. The van der Waals surface area contributed by atoms with Crippen LogP contribution in [0.15, 0.2) is 60.9 Å². The van der Waals surface area contributed by atoms with E-state index >= 15 is 0 Å². The molecule has 34 heavy (non-hydrogen) atoms. The van der Waals surface area contributed by atoms with Crippen LogP contribution in [0.4, 0.5) is 5.69 Å². The molecule has 0 saturated heterocycles. The molecule has 0 bridgehead atoms. The maximum atomic E-state index is 12.7. The first-order valence-electron chi connectivity index (χ1n) is 10.8. The van der Waals surface area contributed by atoms with Crippen LogP contribution in [-0.2, 0) is 4.79 Å². The topological polar surface area (TPSA) is 74.1 Å². The third kappa shape index (κ3) is 4.59. The number of methoxy groups -OCH3 is 3. The van der Waals surface area contributed by atoms with Crippen LogP contribution in [-0.4, -0.2) is 36.6 Å². The van der Waals surface area contributed by atoms with Gasteiger partial charge in [0, 0.05) is 29.7 Å². The smallest absolute Gasteiger partial charge is 0.248 e. The lowest BCUT2D eigenvalue weighted by Gasteiger charge is -2.13. The second-order valence-electron chi connectivity index (χ2n) is 7.86. The zero-order valence-electron chi connectivity index (χ0n) is 19.9. The van der Waals surface area contributed by atoms with Crippen LogP contribution in [0.1, 0.15) is 16.7 Å². The summed E-state index contributed by atoms with van der Waals surface area (Å²) in [7, 11) is 4.66. The number of carbonyl (C=O) groups excluding carboxylic acids is 1. The van der Waals surface area contributed by atoms with Gasteiger partial charge in [-0.25, -0.2) is 4.98 Å². The molecule has 4 rings (SSSR count). The van der Waals surface area contributed by atoms with E-state index in [-0.39, 0.29) is 5.91 Å². The Morgan fingerprint density at radius 1 is 0.971 bits per heavy atom. The van der Waals surface area contributed by atoms with Crippen molar-refractivity contribution < 1.29 is 19.0 Å². The van der Waals surface area contributed by atoms with Gasteiger partial charge < -0.3 is 23.9 Å². The van der Waals surface area contributed by atoms with E-state index in [1.54, 1.807) is 39.5 Å². The van der Waals surface area contributed by atoms with Gasteiger partial charge in [-0.2, -0.15) is 0 Å². The summed E-state index contributed by atoms with van der Waals surface area (Å²) in [4.78, 5) is 17.5. The van der Waals surface area contributed by atoms with Crippen molar-refractivity contribution in [2.24, 2.45) is 0 Å². The standard InChI is InChI=1S/C27H27N3O4/c1-17-8-10-20(22-16-30-12-6-7-18(2)27(30)29-22)15-21(17)28-25(31)11-9-19-13-23(32-3)26(34-5)24(14-19)33-4/h6-16H,1-5H3,(H,28,31)/b11-9+. The molecule has 2 heterocycles. The lowest BCUT2D eigenvalue weighted by molar-refractivity contribution is -0.111. The molecular formula is C27H27N3O4. The van der Waals surface area contributed by atoms with Crippen molar-refractivity contribution in [3.63, 3.8) is 0 Å². The number of ether oxygens (including phenoxy) is 3. The normalized spacial score (nSPS) is 11.1. The molecule has 1 amide bonds. The number of carbonyl (C=O) groups is 1. The number of amides is 1. The summed E-state index contributed by atoms with van der Waals surface area (Å²) in [5, 5.41) is 2.97. The van der Waals surface area contributed by atoms with E-state index in [4.69, 9.17) is 19.2 Å². The van der Waals surface area contributed by atoms with Gasteiger partial charge >= 0.3 is 0 Å². The number of nitrogens with zero attached hydrogens (tertiary/aromatic N) is 2. The van der Waals surface area contributed by atoms with Gasteiger partial charge in [0.25, 0.3) is 0 Å². The van der Waals surface area contributed by atoms with Gasteiger partial charge in [-0.05, 0) is 60.9 Å². The molecule has 7 nitrogen and oxygen atoms in total. The number of fused-ring (bicyclic) bond motifs is 1. The Bertz CT molecular complexity index is 1360. The van der Waals surface area contributed by atoms with Gasteiger partial charge in [0.05, 0.1) is 27.0 Å². The van der Waals surface area contributed by atoms with E-state index < -0.39 is 0 Å². The van der Waals surface area contributed by atoms with Crippen LogP contribution in [0.2, 0.25) is 0 Å². The van der Waals surface area contributed by atoms with Gasteiger partial charge in [0.15, 0.2) is 11.5 Å². The van der Waals surface area contributed by atoms with Crippen LogP contribution in [0.5, 0.6) is 17.2 Å². The summed E-state index contributed by atoms with van der Waals surface area (Å²) in [5.41, 5.74) is 6.22. The maximum absolute atomic E-state index is 12.7. The number of hydrogen-bond donors (Lipinski definition) is 1. The summed E-state index contributed by atoms with van der Waals surface area (Å²) in [5.74, 6) is 1.29.